The number of carbonyl (C=O) groups excluding carboxylic acids is 2. The number of aliphatic hydroxyl groups is 2. The molecule has 6 aliphatic carbocycles. The number of hydrogen-bond acceptors (Lipinski definition) is 7. The van der Waals surface area contributed by atoms with Crippen LogP contribution in [0.3, 0.4) is 0 Å². The van der Waals surface area contributed by atoms with Crippen molar-refractivity contribution < 1.29 is 29.2 Å². The molecule has 5 N–H and O–H groups in total. The van der Waals surface area contributed by atoms with Crippen LogP contribution in [0.5, 0.6) is 0 Å². The van der Waals surface area contributed by atoms with Crippen molar-refractivity contribution in [1.29, 1.82) is 0 Å². The molecule has 0 aliphatic heterocycles. The second-order valence-electron chi connectivity index (χ2n) is 17.9. The largest absolute Gasteiger partial charge is 0.458 e. The zero-order chi connectivity index (χ0) is 35.1. The molecule has 1 aromatic heterocycles. The van der Waals surface area contributed by atoms with Gasteiger partial charge in [-0.15, -0.1) is 0 Å². The first kappa shape index (κ1) is 35.1. The van der Waals surface area contributed by atoms with Crippen molar-refractivity contribution >= 4 is 11.8 Å². The Bertz CT molecular complexity index is 1560. The third-order valence-corrected chi connectivity index (χ3v) is 15.7. The van der Waals surface area contributed by atoms with Gasteiger partial charge in [0.1, 0.15) is 6.10 Å². The monoisotopic (exact) mass is 677 g/mol. The standard InChI is InChI=1S/C40H60N4O5/c1-23(45)34(27-13-9-12-26(18-27)25-10-7-8-11-25)35-29-19-30(47)36-37(3)16-15-33(48)40(6,44-22-28(21-41)42-43-44)32(37)14-17-38(36,4)39(29,5)20-31(35)49-24(2)46/h22,27,29-33,36,47-48H,7-21,41H2,1-6H3/p+1/b35-34+/t27?,29-,30+,31-,32+,33+,36-,37-,38-,39-,40+/m0/s1. The van der Waals surface area contributed by atoms with Crippen LogP contribution in [0.2, 0.25) is 0 Å². The average molecular weight is 678 g/mol. The normalized spacial score (nSPS) is 44.6. The van der Waals surface area contributed by atoms with Crippen molar-refractivity contribution in [2.24, 2.45) is 45.7 Å². The molecule has 0 saturated heterocycles. The first-order chi connectivity index (χ1) is 23.2. The molecule has 0 amide bonds. The van der Waals surface area contributed by atoms with Crippen molar-refractivity contribution in [3.05, 3.63) is 34.2 Å². The molecule has 0 spiro atoms. The molecule has 6 fully saturated rings. The number of nitrogens with zero attached hydrogens (tertiary/aromatic N) is 2. The van der Waals surface area contributed by atoms with E-state index in [4.69, 9.17) is 10.5 Å². The van der Waals surface area contributed by atoms with Crippen LogP contribution in [0.25, 0.3) is 0 Å². The first-order valence-corrected chi connectivity index (χ1v) is 19.3. The van der Waals surface area contributed by atoms with E-state index < -0.39 is 23.9 Å². The van der Waals surface area contributed by atoms with E-state index in [0.717, 1.165) is 61.8 Å². The minimum atomic E-state index is -0.637. The number of carbonyl (C=O) groups is 2. The highest BCUT2D eigenvalue weighted by Crippen LogP contribution is 2.75. The molecule has 9 heteroatoms. The van der Waals surface area contributed by atoms with Crippen LogP contribution in [-0.4, -0.2) is 50.6 Å². The van der Waals surface area contributed by atoms with E-state index in [1.54, 1.807) is 18.1 Å². The number of ketones is 1. The molecule has 0 radical (unpaired) electrons. The molecule has 11 atom stereocenters. The lowest BCUT2D eigenvalue weighted by Crippen LogP contribution is -2.75. The first-order valence-electron chi connectivity index (χ1n) is 19.3. The maximum absolute atomic E-state index is 13.9. The lowest BCUT2D eigenvalue weighted by Gasteiger charge is -2.69. The van der Waals surface area contributed by atoms with Gasteiger partial charge in [-0.2, -0.15) is 4.68 Å². The van der Waals surface area contributed by atoms with E-state index in [1.165, 1.54) is 32.6 Å². The number of ether oxygens (including phenoxy) is 1. The molecule has 1 unspecified atom stereocenters. The summed E-state index contributed by atoms with van der Waals surface area (Å²) in [7, 11) is 0. The lowest BCUT2D eigenvalue weighted by molar-refractivity contribution is -0.831. The van der Waals surface area contributed by atoms with Gasteiger partial charge in [0.25, 0.3) is 0 Å². The van der Waals surface area contributed by atoms with Gasteiger partial charge in [-0.05, 0) is 143 Å². The van der Waals surface area contributed by atoms with Crippen molar-refractivity contribution in [1.82, 2.24) is 10.3 Å². The van der Waals surface area contributed by atoms with Crippen LogP contribution < -0.4 is 10.4 Å². The van der Waals surface area contributed by atoms with Gasteiger partial charge in [0.15, 0.2) is 17.5 Å². The third kappa shape index (κ3) is 5.17. The number of rotatable bonds is 5. The molecule has 6 aliphatic rings. The number of H-pyrrole nitrogens is 1. The number of aliphatic hydroxyl groups excluding tert-OH is 2. The number of nitrogens with one attached hydrogen (secondary N) is 1. The van der Waals surface area contributed by atoms with Gasteiger partial charge in [0.2, 0.25) is 5.69 Å². The molecule has 49 heavy (non-hydrogen) atoms. The Balaban J connectivity index is 1.31. The summed E-state index contributed by atoms with van der Waals surface area (Å²) in [5.74, 6) is -0.0749. The smallest absolute Gasteiger partial charge is 0.303 e. The lowest BCUT2D eigenvalue weighted by atomic mass is 9.35. The predicted octanol–water partition coefficient (Wildman–Crippen LogP) is 5.73. The number of fused-ring (bicyclic) bond motifs is 5. The van der Waals surface area contributed by atoms with E-state index in [0.29, 0.717) is 25.8 Å². The van der Waals surface area contributed by atoms with Gasteiger partial charge in [-0.25, -0.2) is 0 Å². The number of allylic oxidation sites excluding steroid dienone is 3. The highest BCUT2D eigenvalue weighted by molar-refractivity contribution is 5.95. The Labute approximate surface area is 292 Å². The summed E-state index contributed by atoms with van der Waals surface area (Å²) in [6.45, 7) is 12.8. The van der Waals surface area contributed by atoms with Crippen molar-refractivity contribution in [2.45, 2.75) is 162 Å². The van der Waals surface area contributed by atoms with Gasteiger partial charge < -0.3 is 20.7 Å². The van der Waals surface area contributed by atoms with Crippen LogP contribution in [0.1, 0.15) is 137 Å². The fourth-order valence-electron chi connectivity index (χ4n) is 13.4. The van der Waals surface area contributed by atoms with E-state index in [1.807, 2.05) is 10.9 Å². The van der Waals surface area contributed by atoms with Crippen molar-refractivity contribution in [3.63, 3.8) is 0 Å². The fraction of sp³-hybridized carbons (Fsp3) is 0.800. The van der Waals surface area contributed by atoms with Gasteiger partial charge in [-0.1, -0.05) is 37.1 Å². The Hall–Kier alpha value is -2.36. The van der Waals surface area contributed by atoms with Crippen LogP contribution in [0.15, 0.2) is 28.5 Å². The highest BCUT2D eigenvalue weighted by atomic mass is 16.5. The topological polar surface area (TPSA) is 142 Å². The molecule has 6 saturated carbocycles. The molecule has 270 valence electrons. The molecule has 9 nitrogen and oxygen atoms in total. The summed E-state index contributed by atoms with van der Waals surface area (Å²) >= 11 is 0. The molecule has 0 bridgehead atoms. The fourth-order valence-corrected chi connectivity index (χ4v) is 13.4. The Morgan fingerprint density at radius 3 is 2.37 bits per heavy atom. The predicted molar refractivity (Wildman–Crippen MR) is 186 cm³/mol. The van der Waals surface area contributed by atoms with Gasteiger partial charge in [0, 0.05) is 23.5 Å². The molecular formula is C40H61N4O5+. The summed E-state index contributed by atoms with van der Waals surface area (Å²) < 4.78 is 8.22. The summed E-state index contributed by atoms with van der Waals surface area (Å²) in [4.78, 5) is 26.6. The summed E-state index contributed by atoms with van der Waals surface area (Å²) in [6.07, 6.45) is 13.8. The van der Waals surface area contributed by atoms with Gasteiger partial charge >= 0.3 is 5.97 Å². The quantitative estimate of drug-likeness (QED) is 0.135. The SMILES string of the molecule is CC(=O)O[C@H]1C[C@@]2(C)[C@@H](C[C@@H](O)[C@H]3[C@@]4(C)CC[C@@H](O)[C@](C)([n+]5cc(CN)n[nH]5)[C@@H]4CC[C@@]32C)/C1=C(/C(C)=O)C1CCCC(=C2CCCC2)C1. The Morgan fingerprint density at radius 2 is 1.71 bits per heavy atom. The summed E-state index contributed by atoms with van der Waals surface area (Å²) in [5, 5.41) is 31.8. The molecule has 0 aromatic carbocycles. The highest BCUT2D eigenvalue weighted by Gasteiger charge is 2.73. The minimum absolute atomic E-state index is 0.0317. The number of Topliss-reactive ketones (excluding diaryl/α,β-unsaturated/α-hetero) is 1. The molecule has 1 aromatic rings. The Morgan fingerprint density at radius 1 is 1.00 bits per heavy atom. The minimum Gasteiger partial charge on any atom is -0.458 e. The second-order valence-corrected chi connectivity index (χ2v) is 17.9. The average Bonchev–Trinajstić information content (AvgIpc) is 3.81. The van der Waals surface area contributed by atoms with Crippen LogP contribution in [-0.2, 0) is 26.4 Å². The number of aromatic nitrogens is 3. The maximum atomic E-state index is 13.9. The van der Waals surface area contributed by atoms with E-state index in [-0.39, 0.29) is 51.7 Å². The van der Waals surface area contributed by atoms with E-state index >= 15 is 0 Å². The third-order valence-electron chi connectivity index (χ3n) is 15.7. The van der Waals surface area contributed by atoms with Gasteiger partial charge in [0.05, 0.1) is 18.8 Å². The van der Waals surface area contributed by atoms with Crippen LogP contribution >= 0.6 is 0 Å². The van der Waals surface area contributed by atoms with Crippen molar-refractivity contribution in [2.75, 3.05) is 0 Å². The summed E-state index contributed by atoms with van der Waals surface area (Å²) in [5.41, 5.74) is 10.3. The number of esters is 1. The van der Waals surface area contributed by atoms with Crippen LogP contribution in [0.4, 0.5) is 0 Å². The zero-order valence-corrected chi connectivity index (χ0v) is 30.8. The van der Waals surface area contributed by atoms with E-state index in [2.05, 4.69) is 38.0 Å². The number of nitrogens with two attached hydrogens (primary N) is 1. The second kappa shape index (κ2) is 12.4. The molecule has 1 heterocycles. The number of hydrogen-bond donors (Lipinski definition) is 4. The maximum Gasteiger partial charge on any atom is 0.303 e. The van der Waals surface area contributed by atoms with Crippen molar-refractivity contribution in [3.8, 4) is 0 Å². The van der Waals surface area contributed by atoms with E-state index in [9.17, 15) is 19.8 Å². The summed E-state index contributed by atoms with van der Waals surface area (Å²) in [6, 6.07) is 0. The zero-order valence-electron chi connectivity index (χ0n) is 30.8. The van der Waals surface area contributed by atoms with Gasteiger partial charge in [-0.3, -0.25) is 9.59 Å². The number of aromatic amines is 1. The Kier molecular flexibility index (Phi) is 8.87. The molecular weight excluding hydrogens is 616 g/mol. The molecule has 7 rings (SSSR count). The van der Waals surface area contributed by atoms with Crippen LogP contribution in [0, 0.1) is 39.9 Å².